The summed E-state index contributed by atoms with van der Waals surface area (Å²) in [6, 6.07) is 17.7. The third-order valence-corrected chi connectivity index (χ3v) is 5.34. The summed E-state index contributed by atoms with van der Waals surface area (Å²) in [4.78, 5) is 28.3. The smallest absolute Gasteiger partial charge is 0.475 e. The second-order valence-corrected chi connectivity index (χ2v) is 7.95. The summed E-state index contributed by atoms with van der Waals surface area (Å²) < 4.78 is 33.9. The van der Waals surface area contributed by atoms with Gasteiger partial charge < -0.3 is 19.9 Å². The lowest BCUT2D eigenvalue weighted by atomic mass is 9.98. The van der Waals surface area contributed by atoms with E-state index in [2.05, 4.69) is 44.0 Å². The van der Waals surface area contributed by atoms with Gasteiger partial charge in [-0.3, -0.25) is 4.79 Å². The molecule has 0 radical (unpaired) electrons. The first kappa shape index (κ1) is 24.8. The van der Waals surface area contributed by atoms with Crippen LogP contribution < -0.4 is 10.2 Å². The molecule has 0 saturated heterocycles. The van der Waals surface area contributed by atoms with Gasteiger partial charge in [-0.2, -0.15) is 13.2 Å². The van der Waals surface area contributed by atoms with Crippen LogP contribution >= 0.6 is 0 Å². The molecule has 1 aliphatic heterocycles. The molecular formula is C24H25F3N4O3. The van der Waals surface area contributed by atoms with Crippen molar-refractivity contribution >= 4 is 17.6 Å². The predicted molar refractivity (Wildman–Crippen MR) is 122 cm³/mol. The van der Waals surface area contributed by atoms with Gasteiger partial charge in [-0.1, -0.05) is 30.3 Å². The molecule has 180 valence electrons. The van der Waals surface area contributed by atoms with Crippen molar-refractivity contribution in [3.8, 4) is 11.3 Å². The Morgan fingerprint density at radius 2 is 1.71 bits per heavy atom. The molecule has 0 bridgehead atoms. The molecule has 0 spiro atoms. The molecule has 1 amide bonds. The van der Waals surface area contributed by atoms with Crippen molar-refractivity contribution in [3.05, 3.63) is 72.2 Å². The third-order valence-electron chi connectivity index (χ3n) is 5.34. The topological polar surface area (TPSA) is 87.5 Å². The van der Waals surface area contributed by atoms with Crippen LogP contribution in [0.5, 0.6) is 0 Å². The van der Waals surface area contributed by atoms with E-state index in [0.29, 0.717) is 5.56 Å². The zero-order valence-electron chi connectivity index (χ0n) is 18.7. The lowest BCUT2D eigenvalue weighted by Gasteiger charge is -2.26. The van der Waals surface area contributed by atoms with Gasteiger partial charge in [0.15, 0.2) is 0 Å². The van der Waals surface area contributed by atoms with E-state index in [9.17, 15) is 18.0 Å². The maximum atomic E-state index is 12.7. The van der Waals surface area contributed by atoms with Crippen LogP contribution in [0.4, 0.5) is 18.9 Å². The first-order valence-electron chi connectivity index (χ1n) is 10.6. The van der Waals surface area contributed by atoms with Crippen molar-refractivity contribution < 1.29 is 27.9 Å². The number of alkyl halides is 3. The van der Waals surface area contributed by atoms with Gasteiger partial charge in [0.05, 0.1) is 23.8 Å². The summed E-state index contributed by atoms with van der Waals surface area (Å²) in [6.45, 7) is 0.940. The van der Waals surface area contributed by atoms with Gasteiger partial charge in [0.1, 0.15) is 0 Å². The third kappa shape index (κ3) is 5.94. The van der Waals surface area contributed by atoms with Crippen LogP contribution in [-0.2, 0) is 11.3 Å². The number of carboxylic acids is 1. The first-order chi connectivity index (χ1) is 16.1. The van der Waals surface area contributed by atoms with Gasteiger partial charge in [0, 0.05) is 37.5 Å². The van der Waals surface area contributed by atoms with Crippen molar-refractivity contribution in [2.24, 2.45) is 0 Å². The number of hydrogen-bond donors (Lipinski definition) is 2. The average molecular weight is 474 g/mol. The number of nitrogens with zero attached hydrogens (tertiary/aromatic N) is 3. The summed E-state index contributed by atoms with van der Waals surface area (Å²) in [5, 5.41) is 10.3. The number of carbonyl (C=O) groups is 2. The summed E-state index contributed by atoms with van der Waals surface area (Å²) in [5.74, 6) is -2.79. The predicted octanol–water partition coefficient (Wildman–Crippen LogP) is 4.51. The second-order valence-electron chi connectivity index (χ2n) is 7.95. The molecule has 4 rings (SSSR count). The van der Waals surface area contributed by atoms with E-state index >= 15 is 0 Å². The quantitative estimate of drug-likeness (QED) is 0.581. The van der Waals surface area contributed by atoms with Crippen molar-refractivity contribution in [2.45, 2.75) is 31.6 Å². The summed E-state index contributed by atoms with van der Waals surface area (Å²) in [5.41, 5.74) is 4.98. The molecule has 1 aliphatic rings. The number of nitrogens with one attached hydrogen (secondary N) is 1. The summed E-state index contributed by atoms with van der Waals surface area (Å²) in [7, 11) is 4.06. The fraction of sp³-hybridized carbons (Fsp3) is 0.292. The van der Waals surface area contributed by atoms with Crippen LogP contribution in [0, 0.1) is 0 Å². The molecule has 3 aromatic rings. The van der Waals surface area contributed by atoms with Crippen molar-refractivity contribution in [1.82, 2.24) is 14.9 Å². The Labute approximate surface area is 194 Å². The number of aromatic nitrogens is 2. The van der Waals surface area contributed by atoms with Crippen LogP contribution in [0.15, 0.2) is 60.9 Å². The molecule has 10 heteroatoms. The number of carboxylic acid groups (broad SMARTS) is 1. The standard InChI is InChI=1S/C22H24N4O.C2HF3O2/c1-25(2)18-12-10-16(11-13-18)20-21-19(9-6-14-26(21)15-23-20)24-22(27)17-7-4-3-5-8-17;3-2(4,5)1(6)7/h3-5,7-8,10-13,15,19H,6,9,14H2,1-2H3,(H,24,27);(H,6,7). The molecule has 34 heavy (non-hydrogen) atoms. The number of halogens is 3. The zero-order valence-corrected chi connectivity index (χ0v) is 18.7. The maximum Gasteiger partial charge on any atom is 0.490 e. The minimum atomic E-state index is -5.08. The largest absolute Gasteiger partial charge is 0.490 e. The van der Waals surface area contributed by atoms with Gasteiger partial charge in [0.2, 0.25) is 0 Å². The SMILES string of the molecule is CN(C)c1ccc(-c2ncn3c2C(NC(=O)c2ccccc2)CCC3)cc1.O=C(O)C(F)(F)F. The Bertz CT molecular complexity index is 1130. The van der Waals surface area contributed by atoms with Crippen LogP contribution in [0.3, 0.4) is 0 Å². The molecule has 2 N–H and O–H groups in total. The average Bonchev–Trinajstić information content (AvgIpc) is 3.25. The number of imidazole rings is 1. The highest BCUT2D eigenvalue weighted by molar-refractivity contribution is 5.94. The Morgan fingerprint density at radius 1 is 1.09 bits per heavy atom. The number of hydrogen-bond acceptors (Lipinski definition) is 4. The fourth-order valence-electron chi connectivity index (χ4n) is 3.65. The maximum absolute atomic E-state index is 12.7. The molecule has 2 heterocycles. The van der Waals surface area contributed by atoms with E-state index in [-0.39, 0.29) is 11.9 Å². The number of carbonyl (C=O) groups excluding carboxylic acids is 1. The van der Waals surface area contributed by atoms with E-state index in [4.69, 9.17) is 9.90 Å². The van der Waals surface area contributed by atoms with Gasteiger partial charge in [0.25, 0.3) is 5.91 Å². The van der Waals surface area contributed by atoms with Gasteiger partial charge in [-0.05, 0) is 37.1 Å². The Morgan fingerprint density at radius 3 is 2.26 bits per heavy atom. The number of fused-ring (bicyclic) bond motifs is 1. The lowest BCUT2D eigenvalue weighted by Crippen LogP contribution is -2.32. The fourth-order valence-corrected chi connectivity index (χ4v) is 3.65. The molecular weight excluding hydrogens is 449 g/mol. The highest BCUT2D eigenvalue weighted by Crippen LogP contribution is 2.34. The molecule has 0 fully saturated rings. The lowest BCUT2D eigenvalue weighted by molar-refractivity contribution is -0.192. The number of aliphatic carboxylic acids is 1. The zero-order chi connectivity index (χ0) is 24.9. The molecule has 0 saturated carbocycles. The second kappa shape index (κ2) is 10.4. The van der Waals surface area contributed by atoms with Crippen LogP contribution in [0.25, 0.3) is 11.3 Å². The Balaban J connectivity index is 0.000000406. The van der Waals surface area contributed by atoms with Crippen LogP contribution in [-0.4, -0.2) is 46.8 Å². The van der Waals surface area contributed by atoms with Gasteiger partial charge in [-0.25, -0.2) is 9.78 Å². The molecule has 7 nitrogen and oxygen atoms in total. The minimum absolute atomic E-state index is 0.0301. The molecule has 1 atom stereocenters. The van der Waals surface area contributed by atoms with Crippen molar-refractivity contribution in [1.29, 1.82) is 0 Å². The number of aryl methyl sites for hydroxylation is 1. The van der Waals surface area contributed by atoms with Crippen LogP contribution in [0.2, 0.25) is 0 Å². The first-order valence-corrected chi connectivity index (χ1v) is 10.6. The summed E-state index contributed by atoms with van der Waals surface area (Å²) >= 11 is 0. The Hall–Kier alpha value is -3.82. The van der Waals surface area contributed by atoms with Gasteiger partial charge in [-0.15, -0.1) is 0 Å². The van der Waals surface area contributed by atoms with Crippen LogP contribution in [0.1, 0.15) is 34.9 Å². The number of benzene rings is 2. The number of anilines is 1. The molecule has 0 aliphatic carbocycles. The molecule has 1 aromatic heterocycles. The highest BCUT2D eigenvalue weighted by atomic mass is 19.4. The number of rotatable bonds is 4. The van der Waals surface area contributed by atoms with Crippen molar-refractivity contribution in [2.75, 3.05) is 19.0 Å². The normalized spacial score (nSPS) is 14.9. The minimum Gasteiger partial charge on any atom is -0.475 e. The van der Waals surface area contributed by atoms with E-state index in [0.717, 1.165) is 42.0 Å². The molecule has 1 unspecified atom stereocenters. The van der Waals surface area contributed by atoms with E-state index < -0.39 is 12.1 Å². The van der Waals surface area contributed by atoms with E-state index in [1.54, 1.807) is 0 Å². The summed E-state index contributed by atoms with van der Waals surface area (Å²) in [6.07, 6.45) is -1.24. The van der Waals surface area contributed by atoms with E-state index in [1.165, 1.54) is 0 Å². The highest BCUT2D eigenvalue weighted by Gasteiger charge is 2.38. The van der Waals surface area contributed by atoms with Gasteiger partial charge >= 0.3 is 12.1 Å². The monoisotopic (exact) mass is 474 g/mol. The Kier molecular flexibility index (Phi) is 7.60. The van der Waals surface area contributed by atoms with E-state index in [1.807, 2.05) is 50.8 Å². The number of amides is 1. The molecule has 2 aromatic carbocycles. The van der Waals surface area contributed by atoms with Crippen molar-refractivity contribution in [3.63, 3.8) is 0 Å².